The molecule has 1 amide bonds. The SMILES string of the molecule is CC[C@H](C)NC(=O)CSc1nc2n[nH]c(C)c2c(=N)n1-c1ccc(Cl)c(C)c1. The van der Waals surface area contributed by atoms with E-state index in [2.05, 4.69) is 20.5 Å². The Labute approximate surface area is 172 Å². The number of benzene rings is 1. The second-order valence-corrected chi connectivity index (χ2v) is 8.07. The molecule has 7 nitrogen and oxygen atoms in total. The first-order valence-electron chi connectivity index (χ1n) is 9.02. The van der Waals surface area contributed by atoms with Gasteiger partial charge >= 0.3 is 0 Å². The lowest BCUT2D eigenvalue weighted by atomic mass is 10.2. The summed E-state index contributed by atoms with van der Waals surface area (Å²) in [5.41, 5.74) is 3.18. The number of amides is 1. The third-order valence-corrected chi connectivity index (χ3v) is 5.90. The molecule has 1 aromatic carbocycles. The van der Waals surface area contributed by atoms with Gasteiger partial charge in [-0.15, -0.1) is 0 Å². The van der Waals surface area contributed by atoms with E-state index in [9.17, 15) is 4.79 Å². The number of nitrogens with zero attached hydrogens (tertiary/aromatic N) is 3. The third kappa shape index (κ3) is 4.07. The normalized spacial score (nSPS) is 12.3. The summed E-state index contributed by atoms with van der Waals surface area (Å²) in [5, 5.41) is 20.6. The van der Waals surface area contributed by atoms with Crippen LogP contribution in [0.25, 0.3) is 16.7 Å². The zero-order chi connectivity index (χ0) is 20.4. The van der Waals surface area contributed by atoms with Crippen LogP contribution in [-0.2, 0) is 4.79 Å². The first-order valence-corrected chi connectivity index (χ1v) is 10.4. The van der Waals surface area contributed by atoms with Gasteiger partial charge in [-0.1, -0.05) is 30.3 Å². The molecular weight excluding hydrogens is 396 g/mol. The highest BCUT2D eigenvalue weighted by Gasteiger charge is 2.17. The predicted octanol–water partition coefficient (Wildman–Crippen LogP) is 3.51. The van der Waals surface area contributed by atoms with Gasteiger partial charge in [0.2, 0.25) is 5.91 Å². The maximum absolute atomic E-state index is 12.2. The summed E-state index contributed by atoms with van der Waals surface area (Å²) in [6, 6.07) is 5.68. The van der Waals surface area contributed by atoms with Crippen molar-refractivity contribution in [3.63, 3.8) is 0 Å². The number of aryl methyl sites for hydroxylation is 2. The lowest BCUT2D eigenvalue weighted by Gasteiger charge is -2.15. The molecule has 0 aliphatic heterocycles. The van der Waals surface area contributed by atoms with Crippen molar-refractivity contribution in [3.8, 4) is 5.69 Å². The van der Waals surface area contributed by atoms with Crippen molar-refractivity contribution in [2.45, 2.75) is 45.3 Å². The summed E-state index contributed by atoms with van der Waals surface area (Å²) in [6.07, 6.45) is 0.869. The second kappa shape index (κ2) is 8.36. The van der Waals surface area contributed by atoms with Gasteiger partial charge in [-0.3, -0.25) is 19.9 Å². The van der Waals surface area contributed by atoms with E-state index in [1.54, 1.807) is 10.6 Å². The zero-order valence-corrected chi connectivity index (χ0v) is 17.8. The average Bonchev–Trinajstić information content (AvgIpc) is 3.03. The molecule has 148 valence electrons. The summed E-state index contributed by atoms with van der Waals surface area (Å²) < 4.78 is 1.73. The van der Waals surface area contributed by atoms with Crippen molar-refractivity contribution < 1.29 is 4.79 Å². The number of fused-ring (bicyclic) bond motifs is 1. The molecule has 0 aliphatic rings. The van der Waals surface area contributed by atoms with Crippen LogP contribution in [-0.4, -0.2) is 37.5 Å². The number of rotatable bonds is 6. The van der Waals surface area contributed by atoms with Crippen molar-refractivity contribution in [2.24, 2.45) is 0 Å². The molecule has 0 radical (unpaired) electrons. The van der Waals surface area contributed by atoms with E-state index < -0.39 is 0 Å². The van der Waals surface area contributed by atoms with Gasteiger partial charge in [0.25, 0.3) is 0 Å². The van der Waals surface area contributed by atoms with Crippen LogP contribution < -0.4 is 10.8 Å². The Bertz CT molecular complexity index is 1090. The summed E-state index contributed by atoms with van der Waals surface area (Å²) in [7, 11) is 0. The molecule has 0 saturated heterocycles. The number of hydrogen-bond donors (Lipinski definition) is 3. The average molecular weight is 419 g/mol. The van der Waals surface area contributed by atoms with E-state index in [-0.39, 0.29) is 23.2 Å². The first-order chi connectivity index (χ1) is 13.3. The predicted molar refractivity (Wildman–Crippen MR) is 112 cm³/mol. The summed E-state index contributed by atoms with van der Waals surface area (Å²) in [6.45, 7) is 7.77. The fraction of sp³-hybridized carbons (Fsp3) is 0.368. The van der Waals surface area contributed by atoms with Crippen molar-refractivity contribution in [1.82, 2.24) is 25.1 Å². The molecule has 0 bridgehead atoms. The topological polar surface area (TPSA) is 99.5 Å². The Morgan fingerprint density at radius 2 is 2.18 bits per heavy atom. The molecule has 3 rings (SSSR count). The highest BCUT2D eigenvalue weighted by atomic mass is 35.5. The highest BCUT2D eigenvalue weighted by Crippen LogP contribution is 2.24. The number of aromatic nitrogens is 4. The van der Waals surface area contributed by atoms with Crippen LogP contribution in [0.2, 0.25) is 5.02 Å². The molecule has 1 atom stereocenters. The largest absolute Gasteiger partial charge is 0.353 e. The van der Waals surface area contributed by atoms with Crippen LogP contribution in [0.4, 0.5) is 0 Å². The standard InChI is InChI=1S/C19H23ClN6OS/c1-5-11(3)22-15(27)9-28-19-23-18-16(12(4)24-25-18)17(21)26(19)13-6-7-14(20)10(2)8-13/h6-8,11,21H,5,9H2,1-4H3,(H,22,27)(H,24,25)/t11-/m0/s1. The fourth-order valence-corrected chi connectivity index (χ4v) is 3.72. The van der Waals surface area contributed by atoms with Crippen LogP contribution in [0.1, 0.15) is 31.5 Å². The van der Waals surface area contributed by atoms with Crippen molar-refractivity contribution >= 4 is 40.3 Å². The molecule has 28 heavy (non-hydrogen) atoms. The van der Waals surface area contributed by atoms with Crippen LogP contribution in [0.15, 0.2) is 23.4 Å². The Morgan fingerprint density at radius 3 is 2.86 bits per heavy atom. The Balaban J connectivity index is 2.06. The number of aromatic amines is 1. The van der Waals surface area contributed by atoms with Gasteiger partial charge in [-0.2, -0.15) is 5.10 Å². The molecule has 0 spiro atoms. The van der Waals surface area contributed by atoms with Gasteiger partial charge in [0, 0.05) is 22.4 Å². The van der Waals surface area contributed by atoms with Crippen LogP contribution in [0.3, 0.4) is 0 Å². The molecule has 3 aromatic rings. The number of nitrogens with one attached hydrogen (secondary N) is 3. The molecule has 0 aliphatic carbocycles. The smallest absolute Gasteiger partial charge is 0.230 e. The van der Waals surface area contributed by atoms with Crippen molar-refractivity contribution in [3.05, 3.63) is 40.0 Å². The van der Waals surface area contributed by atoms with E-state index in [4.69, 9.17) is 17.0 Å². The number of halogens is 1. The molecule has 3 N–H and O–H groups in total. The van der Waals surface area contributed by atoms with E-state index in [1.165, 1.54) is 11.8 Å². The molecule has 0 fully saturated rings. The van der Waals surface area contributed by atoms with E-state index in [1.807, 2.05) is 39.8 Å². The van der Waals surface area contributed by atoms with Gasteiger partial charge < -0.3 is 5.32 Å². The first kappa shape index (κ1) is 20.4. The number of thioether (sulfide) groups is 1. The number of carbonyl (C=O) groups is 1. The second-order valence-electron chi connectivity index (χ2n) is 6.72. The van der Waals surface area contributed by atoms with Gasteiger partial charge in [-0.05, 0) is 51.0 Å². The minimum Gasteiger partial charge on any atom is -0.353 e. The highest BCUT2D eigenvalue weighted by molar-refractivity contribution is 7.99. The van der Waals surface area contributed by atoms with Crippen LogP contribution in [0.5, 0.6) is 0 Å². The molecule has 0 saturated carbocycles. The van der Waals surface area contributed by atoms with Crippen molar-refractivity contribution in [2.75, 3.05) is 5.75 Å². The summed E-state index contributed by atoms with van der Waals surface area (Å²) in [5.74, 6) is 0.142. The minimum absolute atomic E-state index is 0.0650. The third-order valence-electron chi connectivity index (χ3n) is 4.53. The maximum Gasteiger partial charge on any atom is 0.230 e. The Morgan fingerprint density at radius 1 is 1.43 bits per heavy atom. The lowest BCUT2D eigenvalue weighted by Crippen LogP contribution is -2.33. The zero-order valence-electron chi connectivity index (χ0n) is 16.3. The molecule has 2 heterocycles. The van der Waals surface area contributed by atoms with Crippen LogP contribution >= 0.6 is 23.4 Å². The Hall–Kier alpha value is -2.32. The van der Waals surface area contributed by atoms with Crippen LogP contribution in [0, 0.1) is 19.3 Å². The quantitative estimate of drug-likeness (QED) is 0.421. The molecule has 2 aromatic heterocycles. The van der Waals surface area contributed by atoms with Gasteiger partial charge in [-0.25, -0.2) is 4.98 Å². The Kier molecular flexibility index (Phi) is 6.10. The van der Waals surface area contributed by atoms with E-state index in [0.717, 1.165) is 23.4 Å². The van der Waals surface area contributed by atoms with Gasteiger partial charge in [0.05, 0.1) is 11.1 Å². The van der Waals surface area contributed by atoms with Crippen molar-refractivity contribution in [1.29, 1.82) is 5.41 Å². The van der Waals surface area contributed by atoms with Gasteiger partial charge in [0.15, 0.2) is 10.8 Å². The number of hydrogen-bond acceptors (Lipinski definition) is 5. The molecular formula is C19H23ClN6OS. The van der Waals surface area contributed by atoms with Gasteiger partial charge in [0.1, 0.15) is 5.49 Å². The lowest BCUT2D eigenvalue weighted by molar-refractivity contribution is -0.119. The summed E-state index contributed by atoms with van der Waals surface area (Å²) in [4.78, 5) is 16.8. The van der Waals surface area contributed by atoms with E-state index >= 15 is 0 Å². The minimum atomic E-state index is -0.0650. The number of carbonyl (C=O) groups excluding carboxylic acids is 1. The molecule has 0 unspecified atom stereocenters. The fourth-order valence-electron chi connectivity index (χ4n) is 2.78. The maximum atomic E-state index is 12.2. The summed E-state index contributed by atoms with van der Waals surface area (Å²) >= 11 is 7.45. The monoisotopic (exact) mass is 418 g/mol. The molecule has 9 heteroatoms. The number of H-pyrrole nitrogens is 1. The van der Waals surface area contributed by atoms with E-state index in [0.29, 0.717) is 21.2 Å².